The normalized spacial score (nSPS) is 19.4. The predicted octanol–water partition coefficient (Wildman–Crippen LogP) is 2.66. The Bertz CT molecular complexity index is 396. The largest absolute Gasteiger partial charge is 0.327 e. The molecule has 0 aromatic carbocycles. The van der Waals surface area contributed by atoms with Crippen LogP contribution in [0.2, 0.25) is 0 Å². The van der Waals surface area contributed by atoms with Gasteiger partial charge in [0.15, 0.2) is 0 Å². The number of nitrogens with two attached hydrogens (primary N) is 1. The van der Waals surface area contributed by atoms with Gasteiger partial charge < -0.3 is 5.73 Å². The molecule has 2 rings (SSSR count). The van der Waals surface area contributed by atoms with E-state index in [4.69, 9.17) is 5.73 Å². The van der Waals surface area contributed by atoms with E-state index in [0.29, 0.717) is 5.92 Å². The second kappa shape index (κ2) is 5.11. The molecule has 1 aliphatic carbocycles. The van der Waals surface area contributed by atoms with Crippen molar-refractivity contribution in [2.24, 2.45) is 24.6 Å². The molecule has 17 heavy (non-hydrogen) atoms. The summed E-state index contributed by atoms with van der Waals surface area (Å²) in [5.41, 5.74) is 8.69. The van der Waals surface area contributed by atoms with Crippen LogP contribution in [-0.4, -0.2) is 15.8 Å². The molecule has 0 amide bonds. The number of halogens is 1. The van der Waals surface area contributed by atoms with Crippen LogP contribution >= 0.6 is 15.9 Å². The van der Waals surface area contributed by atoms with Gasteiger partial charge in [0.1, 0.15) is 0 Å². The van der Waals surface area contributed by atoms with E-state index in [1.54, 1.807) is 0 Å². The molecule has 1 heterocycles. The first-order valence-corrected chi connectivity index (χ1v) is 7.29. The highest BCUT2D eigenvalue weighted by molar-refractivity contribution is 9.10. The molecule has 1 aliphatic rings. The maximum atomic E-state index is 6.32. The predicted molar refractivity (Wildman–Crippen MR) is 73.9 cm³/mol. The van der Waals surface area contributed by atoms with Crippen LogP contribution in [-0.2, 0) is 19.9 Å². The minimum Gasteiger partial charge on any atom is -0.327 e. The van der Waals surface area contributed by atoms with Gasteiger partial charge in [-0.25, -0.2) is 0 Å². The lowest BCUT2D eigenvalue weighted by molar-refractivity contribution is 0.397. The van der Waals surface area contributed by atoms with E-state index in [9.17, 15) is 0 Å². The average Bonchev–Trinajstić information content (AvgIpc) is 3.10. The third-order valence-corrected chi connectivity index (χ3v) is 4.89. The van der Waals surface area contributed by atoms with Gasteiger partial charge in [-0.05, 0) is 47.0 Å². The van der Waals surface area contributed by atoms with Crippen molar-refractivity contribution in [3.63, 3.8) is 0 Å². The van der Waals surface area contributed by atoms with Gasteiger partial charge in [-0.3, -0.25) is 4.68 Å². The van der Waals surface area contributed by atoms with Crippen LogP contribution in [0.1, 0.15) is 38.1 Å². The molecule has 0 bridgehead atoms. The molecule has 2 unspecified atom stereocenters. The SMILES string of the molecule is CCc1nn(C)c(CC(N)C(C)C2CC2)c1Br. The van der Waals surface area contributed by atoms with Crippen molar-refractivity contribution in [3.8, 4) is 0 Å². The Balaban J connectivity index is 2.09. The summed E-state index contributed by atoms with van der Waals surface area (Å²) in [4.78, 5) is 0. The summed E-state index contributed by atoms with van der Waals surface area (Å²) in [7, 11) is 2.01. The van der Waals surface area contributed by atoms with Gasteiger partial charge in [0, 0.05) is 19.5 Å². The second-order valence-corrected chi connectivity index (χ2v) is 6.04. The number of rotatable bonds is 5. The zero-order valence-corrected chi connectivity index (χ0v) is 12.5. The van der Waals surface area contributed by atoms with Crippen LogP contribution in [0.3, 0.4) is 0 Å². The molecule has 96 valence electrons. The van der Waals surface area contributed by atoms with Gasteiger partial charge in [0.25, 0.3) is 0 Å². The molecule has 2 atom stereocenters. The Kier molecular flexibility index (Phi) is 3.93. The average molecular weight is 300 g/mol. The van der Waals surface area contributed by atoms with Crippen molar-refractivity contribution in [1.82, 2.24) is 9.78 Å². The van der Waals surface area contributed by atoms with Crippen LogP contribution in [0.25, 0.3) is 0 Å². The molecule has 1 fully saturated rings. The molecule has 2 N–H and O–H groups in total. The molecule has 0 spiro atoms. The summed E-state index contributed by atoms with van der Waals surface area (Å²) in [6.45, 7) is 4.41. The molecule has 1 aromatic rings. The van der Waals surface area contributed by atoms with Crippen LogP contribution in [0, 0.1) is 11.8 Å². The Hall–Kier alpha value is -0.350. The lowest BCUT2D eigenvalue weighted by Crippen LogP contribution is -2.32. The first-order chi connectivity index (χ1) is 8.04. The van der Waals surface area contributed by atoms with Crippen molar-refractivity contribution in [1.29, 1.82) is 0 Å². The Morgan fingerprint density at radius 1 is 1.53 bits per heavy atom. The number of hydrogen-bond donors (Lipinski definition) is 1. The molecular formula is C13H22BrN3. The molecular weight excluding hydrogens is 278 g/mol. The van der Waals surface area contributed by atoms with Gasteiger partial charge in [-0.15, -0.1) is 0 Å². The highest BCUT2D eigenvalue weighted by Gasteiger charge is 2.32. The fourth-order valence-corrected chi connectivity index (χ4v) is 3.20. The molecule has 0 saturated heterocycles. The lowest BCUT2D eigenvalue weighted by atomic mass is 9.93. The first kappa shape index (κ1) is 13.1. The van der Waals surface area contributed by atoms with Gasteiger partial charge in [0.05, 0.1) is 15.9 Å². The van der Waals surface area contributed by atoms with Crippen LogP contribution in [0.5, 0.6) is 0 Å². The third kappa shape index (κ3) is 2.74. The topological polar surface area (TPSA) is 43.8 Å². The molecule has 3 nitrogen and oxygen atoms in total. The highest BCUT2D eigenvalue weighted by Crippen LogP contribution is 2.38. The molecule has 1 aromatic heterocycles. The van der Waals surface area contributed by atoms with Crippen molar-refractivity contribution >= 4 is 15.9 Å². The Morgan fingerprint density at radius 2 is 2.18 bits per heavy atom. The van der Waals surface area contributed by atoms with E-state index in [2.05, 4.69) is 34.9 Å². The molecule has 1 saturated carbocycles. The van der Waals surface area contributed by atoms with E-state index in [1.807, 2.05) is 11.7 Å². The molecule has 4 heteroatoms. The standard InChI is InChI=1S/C13H22BrN3/c1-4-11-13(14)12(17(3)16-11)7-10(15)8(2)9-5-6-9/h8-10H,4-7,15H2,1-3H3. The minimum absolute atomic E-state index is 0.249. The van der Waals surface area contributed by atoms with Crippen LogP contribution < -0.4 is 5.73 Å². The first-order valence-electron chi connectivity index (χ1n) is 6.50. The quantitative estimate of drug-likeness (QED) is 0.908. The maximum Gasteiger partial charge on any atom is 0.0766 e. The summed E-state index contributed by atoms with van der Waals surface area (Å²) in [5.74, 6) is 1.49. The van der Waals surface area contributed by atoms with E-state index >= 15 is 0 Å². The smallest absolute Gasteiger partial charge is 0.0766 e. The summed E-state index contributed by atoms with van der Waals surface area (Å²) in [5, 5.41) is 4.52. The second-order valence-electron chi connectivity index (χ2n) is 5.25. The number of nitrogens with zero attached hydrogens (tertiary/aromatic N) is 2. The fourth-order valence-electron chi connectivity index (χ4n) is 2.42. The van der Waals surface area contributed by atoms with Crippen LogP contribution in [0.15, 0.2) is 4.47 Å². The molecule has 0 aliphatic heterocycles. The maximum absolute atomic E-state index is 6.32. The molecule has 0 radical (unpaired) electrons. The van der Waals surface area contributed by atoms with Gasteiger partial charge in [-0.2, -0.15) is 5.10 Å². The summed E-state index contributed by atoms with van der Waals surface area (Å²) in [6, 6.07) is 0.249. The summed E-state index contributed by atoms with van der Waals surface area (Å²) >= 11 is 3.65. The van der Waals surface area contributed by atoms with Crippen molar-refractivity contribution in [2.45, 2.75) is 45.6 Å². The lowest BCUT2D eigenvalue weighted by Gasteiger charge is -2.19. The van der Waals surface area contributed by atoms with Crippen LogP contribution in [0.4, 0.5) is 0 Å². The highest BCUT2D eigenvalue weighted by atomic mass is 79.9. The van der Waals surface area contributed by atoms with Crippen molar-refractivity contribution < 1.29 is 0 Å². The zero-order chi connectivity index (χ0) is 12.6. The minimum atomic E-state index is 0.249. The van der Waals surface area contributed by atoms with Crippen molar-refractivity contribution in [3.05, 3.63) is 15.9 Å². The van der Waals surface area contributed by atoms with E-state index in [0.717, 1.165) is 28.9 Å². The summed E-state index contributed by atoms with van der Waals surface area (Å²) < 4.78 is 3.13. The zero-order valence-electron chi connectivity index (χ0n) is 10.9. The number of aryl methyl sites for hydroxylation is 2. The Labute approximate surface area is 112 Å². The van der Waals surface area contributed by atoms with E-state index in [-0.39, 0.29) is 6.04 Å². The van der Waals surface area contributed by atoms with E-state index in [1.165, 1.54) is 18.5 Å². The van der Waals surface area contributed by atoms with Gasteiger partial charge >= 0.3 is 0 Å². The van der Waals surface area contributed by atoms with Gasteiger partial charge in [-0.1, -0.05) is 13.8 Å². The van der Waals surface area contributed by atoms with E-state index < -0.39 is 0 Å². The van der Waals surface area contributed by atoms with Gasteiger partial charge in [0.2, 0.25) is 0 Å². The fraction of sp³-hybridized carbons (Fsp3) is 0.769. The number of hydrogen-bond acceptors (Lipinski definition) is 2. The van der Waals surface area contributed by atoms with Crippen molar-refractivity contribution in [2.75, 3.05) is 0 Å². The summed E-state index contributed by atoms with van der Waals surface area (Å²) in [6.07, 6.45) is 4.60. The number of aromatic nitrogens is 2. The monoisotopic (exact) mass is 299 g/mol. The third-order valence-electron chi connectivity index (χ3n) is 3.97. The Morgan fingerprint density at radius 3 is 2.65 bits per heavy atom.